The summed E-state index contributed by atoms with van der Waals surface area (Å²) in [4.78, 5) is 0. The van der Waals surface area contributed by atoms with Crippen LogP contribution in [-0.2, 0) is 9.31 Å². The van der Waals surface area contributed by atoms with Gasteiger partial charge in [0.2, 0.25) is 6.10 Å². The van der Waals surface area contributed by atoms with Gasteiger partial charge in [0, 0.05) is 13.8 Å². The Morgan fingerprint density at radius 2 is 1.75 bits per heavy atom. The smallest absolute Gasteiger partial charge is 0.620 e. The van der Waals surface area contributed by atoms with E-state index in [-0.39, 0.29) is 6.10 Å². The quantitative estimate of drug-likeness (QED) is 0.493. The molecule has 3 rings (SSSR count). The molecule has 1 unspecified atom stereocenters. The first-order chi connectivity index (χ1) is 7.67. The summed E-state index contributed by atoms with van der Waals surface area (Å²) in [7, 11) is 0. The van der Waals surface area contributed by atoms with Gasteiger partial charge in [-0.1, -0.05) is 12.1 Å². The van der Waals surface area contributed by atoms with Crippen molar-refractivity contribution in [2.75, 3.05) is 0 Å². The predicted molar refractivity (Wildman–Crippen MR) is 57.5 cm³/mol. The summed E-state index contributed by atoms with van der Waals surface area (Å²) in [6.45, 7) is 1.49. The topological polar surface area (TPSA) is 36.9 Å². The molecule has 2 aliphatic heterocycles. The van der Waals surface area contributed by atoms with Crippen molar-refractivity contribution in [2.45, 2.75) is 20.0 Å². The Balaban J connectivity index is 1.92. The highest BCUT2D eigenvalue weighted by Gasteiger charge is 2.51. The van der Waals surface area contributed by atoms with Gasteiger partial charge in [-0.05, 0) is 12.1 Å². The molecule has 82 valence electrons. The number of allylic oxidation sites excluding steroid dienone is 1. The first-order valence-electron chi connectivity index (χ1n) is 5.23. The molecule has 1 aromatic rings. The van der Waals surface area contributed by atoms with Crippen LogP contribution in [0.15, 0.2) is 30.0 Å². The number of fused-ring (bicyclic) bond motifs is 1. The zero-order valence-corrected chi connectivity index (χ0v) is 9.10. The molecule has 0 bridgehead atoms. The maximum atomic E-state index is 5.61. The molecule has 0 N–H and O–H groups in total. The Bertz CT molecular complexity index is 432. The standard InChI is InChI=1S/C11H11BO4/c1-8-7-9(2)14-12(13-8)15-10-5-3-4-6-11(10)16-12/h3-6,8H,1-2H3. The third-order valence-electron chi connectivity index (χ3n) is 2.49. The lowest BCUT2D eigenvalue weighted by Crippen LogP contribution is -2.55. The van der Waals surface area contributed by atoms with Crippen LogP contribution in [0, 0.1) is 6.08 Å². The van der Waals surface area contributed by atoms with Crippen LogP contribution in [0.1, 0.15) is 13.8 Å². The molecule has 2 aliphatic rings. The van der Waals surface area contributed by atoms with E-state index in [0.29, 0.717) is 17.3 Å². The minimum Gasteiger partial charge on any atom is -0.620 e. The van der Waals surface area contributed by atoms with Gasteiger partial charge in [-0.3, -0.25) is 0 Å². The fourth-order valence-corrected chi connectivity index (χ4v) is 1.93. The van der Waals surface area contributed by atoms with Crippen LogP contribution < -0.4 is 9.31 Å². The highest BCUT2D eigenvalue weighted by Crippen LogP contribution is 2.39. The number of hydrogen-bond acceptors (Lipinski definition) is 4. The van der Waals surface area contributed by atoms with Crippen LogP contribution in [0.5, 0.6) is 11.5 Å². The maximum absolute atomic E-state index is 5.61. The predicted octanol–water partition coefficient (Wildman–Crippen LogP) is 2.04. The summed E-state index contributed by atoms with van der Waals surface area (Å²) in [5.41, 5.74) is 0. The van der Waals surface area contributed by atoms with E-state index in [1.165, 1.54) is 0 Å². The Morgan fingerprint density at radius 3 is 2.31 bits per heavy atom. The zero-order valence-electron chi connectivity index (χ0n) is 9.10. The number of rotatable bonds is 0. The lowest BCUT2D eigenvalue weighted by atomic mass is 10.0. The molecule has 4 nitrogen and oxygen atoms in total. The van der Waals surface area contributed by atoms with Crippen LogP contribution in [0.25, 0.3) is 0 Å². The third kappa shape index (κ3) is 1.41. The van der Waals surface area contributed by atoms with Crippen molar-refractivity contribution in [3.05, 3.63) is 36.1 Å². The van der Waals surface area contributed by atoms with E-state index in [2.05, 4.69) is 6.08 Å². The highest BCUT2D eigenvalue weighted by atomic mass is 16.9. The zero-order chi connectivity index (χ0) is 11.2. The third-order valence-corrected chi connectivity index (χ3v) is 2.49. The number of para-hydroxylation sites is 2. The molecule has 0 aliphatic carbocycles. The van der Waals surface area contributed by atoms with Crippen LogP contribution in [0.2, 0.25) is 0 Å². The second kappa shape index (κ2) is 3.14. The van der Waals surface area contributed by atoms with E-state index in [4.69, 9.17) is 18.6 Å². The number of benzene rings is 1. The molecule has 2 heterocycles. The first kappa shape index (κ1) is 9.52. The second-order valence-corrected chi connectivity index (χ2v) is 3.86. The van der Waals surface area contributed by atoms with E-state index in [0.717, 1.165) is 0 Å². The molecule has 1 aromatic carbocycles. The van der Waals surface area contributed by atoms with E-state index in [1.54, 1.807) is 6.92 Å². The van der Waals surface area contributed by atoms with Crippen LogP contribution in [-0.4, -0.2) is 13.1 Å². The van der Waals surface area contributed by atoms with Crippen molar-refractivity contribution in [3.63, 3.8) is 0 Å². The van der Waals surface area contributed by atoms with E-state index in [9.17, 15) is 0 Å². The van der Waals surface area contributed by atoms with Gasteiger partial charge in [0.05, 0.1) is 0 Å². The van der Waals surface area contributed by atoms with Gasteiger partial charge >= 0.3 is 6.96 Å². The minimum atomic E-state index is -2.18. The SMILES string of the molecule is CC1=[C+]C(C)O[B-]2(O1)Oc1ccccc1O2. The maximum Gasteiger partial charge on any atom is 0.720 e. The Labute approximate surface area is 93.8 Å². The molecule has 5 heteroatoms. The molecular weight excluding hydrogens is 207 g/mol. The van der Waals surface area contributed by atoms with Crippen LogP contribution in [0.3, 0.4) is 0 Å². The summed E-state index contributed by atoms with van der Waals surface area (Å²) in [5.74, 6) is 1.92. The van der Waals surface area contributed by atoms with Gasteiger partial charge in [0.1, 0.15) is 11.5 Å². The lowest BCUT2D eigenvalue weighted by molar-refractivity contribution is 0.0422. The molecule has 0 aromatic heterocycles. The molecule has 0 saturated heterocycles. The monoisotopic (exact) mass is 218 g/mol. The van der Waals surface area contributed by atoms with Gasteiger partial charge in [0.25, 0.3) is 11.8 Å². The van der Waals surface area contributed by atoms with Crippen LogP contribution >= 0.6 is 0 Å². The van der Waals surface area contributed by atoms with E-state index >= 15 is 0 Å². The van der Waals surface area contributed by atoms with E-state index < -0.39 is 6.96 Å². The van der Waals surface area contributed by atoms with Gasteiger partial charge < -0.3 is 18.6 Å². The minimum absolute atomic E-state index is 0.205. The van der Waals surface area contributed by atoms with Gasteiger partial charge in [-0.25, -0.2) is 0 Å². The van der Waals surface area contributed by atoms with Gasteiger partial charge in [-0.2, -0.15) is 0 Å². The largest absolute Gasteiger partial charge is 0.720 e. The molecule has 1 spiro atoms. The first-order valence-corrected chi connectivity index (χ1v) is 5.23. The van der Waals surface area contributed by atoms with Crippen molar-refractivity contribution in [3.8, 4) is 11.5 Å². The molecule has 1 atom stereocenters. The average Bonchev–Trinajstić information content (AvgIpc) is 2.52. The molecule has 16 heavy (non-hydrogen) atoms. The summed E-state index contributed by atoms with van der Waals surface area (Å²) in [6, 6.07) is 7.39. The molecular formula is C11H11BO4. The Kier molecular flexibility index (Phi) is 1.87. The lowest BCUT2D eigenvalue weighted by Gasteiger charge is -2.35. The summed E-state index contributed by atoms with van der Waals surface area (Å²) < 4.78 is 22.3. The van der Waals surface area contributed by atoms with E-state index in [1.807, 2.05) is 31.2 Å². The summed E-state index contributed by atoms with van der Waals surface area (Å²) >= 11 is 0. The van der Waals surface area contributed by atoms with Crippen molar-refractivity contribution >= 4 is 6.96 Å². The van der Waals surface area contributed by atoms with Crippen molar-refractivity contribution in [2.24, 2.45) is 0 Å². The van der Waals surface area contributed by atoms with Crippen LogP contribution in [0.4, 0.5) is 0 Å². The molecule has 0 radical (unpaired) electrons. The Morgan fingerprint density at radius 1 is 1.12 bits per heavy atom. The molecule has 0 amide bonds. The summed E-state index contributed by atoms with van der Waals surface area (Å²) in [6.07, 6.45) is 2.78. The average molecular weight is 218 g/mol. The van der Waals surface area contributed by atoms with Gasteiger partial charge in [-0.15, -0.1) is 0 Å². The number of hydrogen-bond donors (Lipinski definition) is 0. The summed E-state index contributed by atoms with van der Waals surface area (Å²) in [5, 5.41) is 0. The second-order valence-electron chi connectivity index (χ2n) is 3.86. The van der Waals surface area contributed by atoms with Crippen molar-refractivity contribution in [1.82, 2.24) is 0 Å². The van der Waals surface area contributed by atoms with Gasteiger partial charge in [0.15, 0.2) is 0 Å². The normalized spacial score (nSPS) is 24.6. The fraction of sp³-hybridized carbons (Fsp3) is 0.273. The van der Waals surface area contributed by atoms with Crippen molar-refractivity contribution in [1.29, 1.82) is 0 Å². The highest BCUT2D eigenvalue weighted by molar-refractivity contribution is 6.57. The van der Waals surface area contributed by atoms with Crippen molar-refractivity contribution < 1.29 is 18.6 Å². The molecule has 0 fully saturated rings. The fourth-order valence-electron chi connectivity index (χ4n) is 1.93. The molecule has 0 saturated carbocycles. The Hall–Kier alpha value is -1.71.